The maximum absolute atomic E-state index is 4.59. The van der Waals surface area contributed by atoms with Gasteiger partial charge in [0.1, 0.15) is 0 Å². The lowest BCUT2D eigenvalue weighted by Crippen LogP contribution is -2.15. The molecule has 14 heavy (non-hydrogen) atoms. The molecule has 0 aromatic carbocycles. The fourth-order valence-electron chi connectivity index (χ4n) is 1.04. The van der Waals surface area contributed by atoms with Crippen molar-refractivity contribution < 1.29 is 4.52 Å². The van der Waals surface area contributed by atoms with Gasteiger partial charge in [0.05, 0.1) is 18.4 Å². The van der Waals surface area contributed by atoms with E-state index >= 15 is 0 Å². The number of rotatable bonds is 4. The van der Waals surface area contributed by atoms with Crippen molar-refractivity contribution >= 4 is 0 Å². The van der Waals surface area contributed by atoms with Crippen LogP contribution in [0.3, 0.4) is 0 Å². The van der Waals surface area contributed by atoms with E-state index in [1.165, 1.54) is 6.39 Å². The van der Waals surface area contributed by atoms with Gasteiger partial charge in [0, 0.05) is 13.6 Å². The van der Waals surface area contributed by atoms with Crippen molar-refractivity contribution in [1.82, 2.24) is 30.5 Å². The molecular weight excluding hydrogens is 184 g/mol. The average molecular weight is 194 g/mol. The molecule has 0 saturated carbocycles. The van der Waals surface area contributed by atoms with Crippen molar-refractivity contribution in [2.45, 2.75) is 13.1 Å². The Bertz CT molecular complexity index is 381. The Balaban J connectivity index is 1.81. The van der Waals surface area contributed by atoms with Crippen LogP contribution in [-0.2, 0) is 20.1 Å². The van der Waals surface area contributed by atoms with Crippen molar-refractivity contribution in [3.63, 3.8) is 0 Å². The van der Waals surface area contributed by atoms with Gasteiger partial charge < -0.3 is 9.84 Å². The molecule has 0 aliphatic heterocycles. The maximum Gasteiger partial charge on any atom is 0.213 e. The molecule has 2 rings (SSSR count). The third-order valence-corrected chi connectivity index (χ3v) is 1.80. The Morgan fingerprint density at radius 1 is 1.50 bits per heavy atom. The molecule has 0 radical (unpaired) electrons. The molecular formula is C7H10N6O. The zero-order valence-corrected chi connectivity index (χ0v) is 7.71. The Labute approximate surface area is 80.1 Å². The van der Waals surface area contributed by atoms with Crippen molar-refractivity contribution in [3.8, 4) is 0 Å². The fraction of sp³-hybridized carbons (Fsp3) is 0.429. The van der Waals surface area contributed by atoms with Gasteiger partial charge in [0.25, 0.3) is 0 Å². The lowest BCUT2D eigenvalue weighted by molar-refractivity contribution is 0.407. The van der Waals surface area contributed by atoms with Crippen LogP contribution in [0.2, 0.25) is 0 Å². The molecule has 2 heterocycles. The van der Waals surface area contributed by atoms with E-state index in [4.69, 9.17) is 0 Å². The molecule has 2 aromatic rings. The highest BCUT2D eigenvalue weighted by Gasteiger charge is 2.00. The van der Waals surface area contributed by atoms with Crippen LogP contribution in [-0.4, -0.2) is 25.1 Å². The Hall–Kier alpha value is -1.76. The molecule has 0 unspecified atom stereocenters. The van der Waals surface area contributed by atoms with Crippen LogP contribution >= 0.6 is 0 Å². The SMILES string of the molecule is Cn1nncc1CNCc1ncon1. The first-order valence-electron chi connectivity index (χ1n) is 4.16. The van der Waals surface area contributed by atoms with E-state index in [-0.39, 0.29) is 0 Å². The largest absolute Gasteiger partial charge is 0.343 e. The third-order valence-electron chi connectivity index (χ3n) is 1.80. The van der Waals surface area contributed by atoms with Crippen LogP contribution in [0.25, 0.3) is 0 Å². The number of hydrogen-bond acceptors (Lipinski definition) is 6. The van der Waals surface area contributed by atoms with Gasteiger partial charge in [-0.15, -0.1) is 5.10 Å². The van der Waals surface area contributed by atoms with Gasteiger partial charge >= 0.3 is 0 Å². The summed E-state index contributed by atoms with van der Waals surface area (Å²) in [5.41, 5.74) is 1.01. The molecule has 7 nitrogen and oxygen atoms in total. The first-order chi connectivity index (χ1) is 6.86. The monoisotopic (exact) mass is 194 g/mol. The minimum absolute atomic E-state index is 0.571. The van der Waals surface area contributed by atoms with Gasteiger partial charge in [-0.1, -0.05) is 10.4 Å². The van der Waals surface area contributed by atoms with Crippen LogP contribution in [0.5, 0.6) is 0 Å². The second-order valence-electron chi connectivity index (χ2n) is 2.80. The summed E-state index contributed by atoms with van der Waals surface area (Å²) in [5.74, 6) is 0.639. The molecule has 0 aliphatic rings. The van der Waals surface area contributed by atoms with Crippen LogP contribution in [0.1, 0.15) is 11.5 Å². The lowest BCUT2D eigenvalue weighted by Gasteiger charge is -2.00. The molecule has 0 aliphatic carbocycles. The number of aromatic nitrogens is 5. The van der Waals surface area contributed by atoms with Crippen LogP contribution < -0.4 is 5.32 Å². The van der Waals surface area contributed by atoms with Gasteiger partial charge in [-0.2, -0.15) is 4.98 Å². The molecule has 7 heteroatoms. The summed E-state index contributed by atoms with van der Waals surface area (Å²) in [5, 5.41) is 14.4. The van der Waals surface area contributed by atoms with E-state index in [0.29, 0.717) is 18.9 Å². The fourth-order valence-corrected chi connectivity index (χ4v) is 1.04. The van der Waals surface area contributed by atoms with E-state index in [0.717, 1.165) is 5.69 Å². The number of aryl methyl sites for hydroxylation is 1. The summed E-state index contributed by atoms with van der Waals surface area (Å²) in [6.45, 7) is 1.25. The molecule has 0 saturated heterocycles. The Kier molecular flexibility index (Phi) is 2.50. The smallest absolute Gasteiger partial charge is 0.213 e. The molecule has 0 bridgehead atoms. The summed E-state index contributed by atoms with van der Waals surface area (Å²) >= 11 is 0. The molecule has 74 valence electrons. The lowest BCUT2D eigenvalue weighted by atomic mass is 10.4. The Morgan fingerprint density at radius 3 is 3.07 bits per heavy atom. The number of hydrogen-bond donors (Lipinski definition) is 1. The summed E-state index contributed by atoms with van der Waals surface area (Å²) in [6, 6.07) is 0. The zero-order chi connectivity index (χ0) is 9.80. The van der Waals surface area contributed by atoms with Gasteiger partial charge in [-0.05, 0) is 0 Å². The standard InChI is InChI=1S/C7H10N6O/c1-13-6(3-10-12-13)2-8-4-7-9-5-14-11-7/h3,5,8H,2,4H2,1H3. The van der Waals surface area contributed by atoms with E-state index in [1.54, 1.807) is 10.9 Å². The Morgan fingerprint density at radius 2 is 2.43 bits per heavy atom. The molecule has 2 aromatic heterocycles. The van der Waals surface area contributed by atoms with Crippen molar-refractivity contribution in [2.24, 2.45) is 7.05 Å². The number of nitrogens with zero attached hydrogens (tertiary/aromatic N) is 5. The predicted octanol–water partition coefficient (Wildman–Crippen LogP) is -0.512. The zero-order valence-electron chi connectivity index (χ0n) is 7.71. The molecule has 0 atom stereocenters. The van der Waals surface area contributed by atoms with Gasteiger partial charge in [0.2, 0.25) is 6.39 Å². The highest BCUT2D eigenvalue weighted by Crippen LogP contribution is 1.93. The highest BCUT2D eigenvalue weighted by atomic mass is 16.5. The van der Waals surface area contributed by atoms with Gasteiger partial charge in [-0.3, -0.25) is 4.68 Å². The second kappa shape index (κ2) is 3.97. The van der Waals surface area contributed by atoms with E-state index in [2.05, 4.69) is 30.3 Å². The van der Waals surface area contributed by atoms with E-state index < -0.39 is 0 Å². The van der Waals surface area contributed by atoms with Gasteiger partial charge in [-0.25, -0.2) is 0 Å². The molecule has 1 N–H and O–H groups in total. The normalized spacial score (nSPS) is 10.6. The third kappa shape index (κ3) is 1.94. The highest BCUT2D eigenvalue weighted by molar-refractivity contribution is 4.92. The van der Waals surface area contributed by atoms with Crippen LogP contribution in [0, 0.1) is 0 Å². The molecule has 0 spiro atoms. The topological polar surface area (TPSA) is 81.7 Å². The second-order valence-corrected chi connectivity index (χ2v) is 2.80. The van der Waals surface area contributed by atoms with Crippen LogP contribution in [0.4, 0.5) is 0 Å². The van der Waals surface area contributed by atoms with Gasteiger partial charge in [0.15, 0.2) is 5.82 Å². The molecule has 0 fully saturated rings. The average Bonchev–Trinajstić information content (AvgIpc) is 2.78. The van der Waals surface area contributed by atoms with E-state index in [9.17, 15) is 0 Å². The quantitative estimate of drug-likeness (QED) is 0.705. The summed E-state index contributed by atoms with van der Waals surface area (Å²) in [4.78, 5) is 3.88. The van der Waals surface area contributed by atoms with Crippen molar-refractivity contribution in [3.05, 3.63) is 24.1 Å². The minimum Gasteiger partial charge on any atom is -0.343 e. The van der Waals surface area contributed by atoms with Crippen LogP contribution in [0.15, 0.2) is 17.1 Å². The maximum atomic E-state index is 4.59. The first-order valence-corrected chi connectivity index (χ1v) is 4.16. The summed E-state index contributed by atoms with van der Waals surface area (Å²) in [7, 11) is 1.85. The summed E-state index contributed by atoms with van der Waals surface area (Å²) < 4.78 is 6.31. The number of nitrogens with one attached hydrogen (secondary N) is 1. The predicted molar refractivity (Wildman–Crippen MR) is 45.8 cm³/mol. The van der Waals surface area contributed by atoms with Crippen molar-refractivity contribution in [1.29, 1.82) is 0 Å². The summed E-state index contributed by atoms with van der Waals surface area (Å²) in [6.07, 6.45) is 3.02. The first kappa shape index (κ1) is 8.82. The minimum atomic E-state index is 0.571. The van der Waals surface area contributed by atoms with E-state index in [1.807, 2.05) is 7.05 Å². The molecule has 0 amide bonds. The van der Waals surface area contributed by atoms with Crippen molar-refractivity contribution in [2.75, 3.05) is 0 Å².